The number of rotatable bonds is 3. The van der Waals surface area contributed by atoms with Crippen LogP contribution in [0.15, 0.2) is 30.3 Å². The van der Waals surface area contributed by atoms with E-state index in [0.29, 0.717) is 6.61 Å². The molecule has 3 saturated heterocycles. The second-order valence-electron chi connectivity index (χ2n) is 6.04. The summed E-state index contributed by atoms with van der Waals surface area (Å²) in [6, 6.07) is 10.1. The average molecular weight is 320 g/mol. The highest BCUT2D eigenvalue weighted by Gasteiger charge is 2.58. The molecule has 1 atom stereocenters. The van der Waals surface area contributed by atoms with Crippen LogP contribution >= 0.6 is 0 Å². The van der Waals surface area contributed by atoms with Crippen molar-refractivity contribution in [1.82, 2.24) is 9.96 Å². The van der Waals surface area contributed by atoms with Crippen molar-refractivity contribution in [2.45, 2.75) is 19.1 Å². The Morgan fingerprint density at radius 3 is 2.65 bits per heavy atom. The summed E-state index contributed by atoms with van der Waals surface area (Å²) in [6.45, 7) is 3.29. The Hall–Kier alpha value is -2.12. The number of piperidine rings is 1. The van der Waals surface area contributed by atoms with Gasteiger partial charge in [0.1, 0.15) is 6.61 Å². The number of fused-ring (bicyclic) bond motifs is 3. The van der Waals surface area contributed by atoms with E-state index in [9.17, 15) is 4.79 Å². The van der Waals surface area contributed by atoms with Crippen molar-refractivity contribution in [3.05, 3.63) is 35.9 Å². The molecule has 3 aliphatic rings. The summed E-state index contributed by atoms with van der Waals surface area (Å²) >= 11 is 0. The molecule has 3 aliphatic heterocycles. The fourth-order valence-electron chi connectivity index (χ4n) is 3.35. The molecule has 0 aromatic heterocycles. The number of hydroxylamine groups is 2. The highest BCUT2D eigenvalue weighted by molar-refractivity contribution is 5.76. The Morgan fingerprint density at radius 1 is 1.35 bits per heavy atom. The number of ether oxygens (including phenoxy) is 1. The molecule has 3 fully saturated rings. The Kier molecular flexibility index (Phi) is 4.49. The number of nitrogens with zero attached hydrogens (tertiary/aromatic N) is 2. The van der Waals surface area contributed by atoms with Crippen molar-refractivity contribution in [2.24, 2.45) is 5.41 Å². The predicted octanol–water partition coefficient (Wildman–Crippen LogP) is 1.35. The minimum absolute atomic E-state index is 0.00899. The van der Waals surface area contributed by atoms with E-state index in [1.165, 1.54) is 0 Å². The van der Waals surface area contributed by atoms with Gasteiger partial charge in [0.2, 0.25) is 0 Å². The van der Waals surface area contributed by atoms with Crippen LogP contribution in [0.2, 0.25) is 0 Å². The van der Waals surface area contributed by atoms with E-state index in [1.54, 1.807) is 5.06 Å². The van der Waals surface area contributed by atoms with Gasteiger partial charge < -0.3 is 14.7 Å². The number of benzene rings is 1. The fraction of sp³-hybridized carbons (Fsp3) is 0.500. The molecule has 1 aromatic rings. The molecule has 1 N–H and O–H groups in total. The van der Waals surface area contributed by atoms with E-state index in [1.807, 2.05) is 35.2 Å². The van der Waals surface area contributed by atoms with Gasteiger partial charge in [-0.15, -0.1) is 0 Å². The molecule has 2 bridgehead atoms. The molecule has 3 heterocycles. The monoisotopic (exact) mass is 320 g/mol. The van der Waals surface area contributed by atoms with Crippen LogP contribution in [0.5, 0.6) is 0 Å². The summed E-state index contributed by atoms with van der Waals surface area (Å²) in [7, 11) is 0. The Morgan fingerprint density at radius 2 is 2.04 bits per heavy atom. The highest BCUT2D eigenvalue weighted by atomic mass is 16.7. The maximum atomic E-state index is 12.3. The van der Waals surface area contributed by atoms with Gasteiger partial charge in [0.05, 0.1) is 19.3 Å². The van der Waals surface area contributed by atoms with Crippen LogP contribution in [-0.2, 0) is 21.0 Å². The van der Waals surface area contributed by atoms with Gasteiger partial charge in [0, 0.05) is 18.5 Å². The number of carboxylic acid groups (broad SMARTS) is 1. The molecule has 0 aliphatic carbocycles. The van der Waals surface area contributed by atoms with Crippen LogP contribution in [-0.4, -0.2) is 59.9 Å². The number of urea groups is 1. The molecular weight excluding hydrogens is 300 g/mol. The van der Waals surface area contributed by atoms with E-state index >= 15 is 0 Å². The van der Waals surface area contributed by atoms with Crippen LogP contribution in [0, 0.1) is 5.41 Å². The molecule has 1 spiro atoms. The molecule has 1 aromatic carbocycles. The second-order valence-corrected chi connectivity index (χ2v) is 6.04. The second kappa shape index (κ2) is 6.55. The molecule has 7 heteroatoms. The summed E-state index contributed by atoms with van der Waals surface area (Å²) in [4.78, 5) is 28.4. The zero-order valence-electron chi connectivity index (χ0n) is 12.8. The van der Waals surface area contributed by atoms with Gasteiger partial charge in [-0.2, -0.15) is 5.06 Å². The van der Waals surface area contributed by atoms with Crippen molar-refractivity contribution >= 4 is 12.5 Å². The Labute approximate surface area is 134 Å². The lowest BCUT2D eigenvalue weighted by molar-refractivity contribution is -0.220. The summed E-state index contributed by atoms with van der Waals surface area (Å²) in [5, 5.41) is 8.49. The van der Waals surface area contributed by atoms with Crippen LogP contribution in [0.4, 0.5) is 4.79 Å². The zero-order chi connectivity index (χ0) is 16.3. The van der Waals surface area contributed by atoms with Crippen molar-refractivity contribution < 1.29 is 24.3 Å². The van der Waals surface area contributed by atoms with Crippen LogP contribution < -0.4 is 0 Å². The number of carbonyl (C=O) groups excluding carboxylic acids is 1. The van der Waals surface area contributed by atoms with Gasteiger partial charge in [0.25, 0.3) is 6.47 Å². The quantitative estimate of drug-likeness (QED) is 0.850. The SMILES string of the molecule is O=C1N2CCC3(COC3)[C@H](C2)N1OCc1ccccc1.O=CO. The zero-order valence-corrected chi connectivity index (χ0v) is 12.8. The van der Waals surface area contributed by atoms with Gasteiger partial charge in [-0.25, -0.2) is 4.79 Å². The summed E-state index contributed by atoms with van der Waals surface area (Å²) < 4.78 is 5.40. The minimum atomic E-state index is -0.250. The minimum Gasteiger partial charge on any atom is -0.483 e. The average Bonchev–Trinajstić information content (AvgIpc) is 2.78. The molecule has 0 radical (unpaired) electrons. The molecule has 124 valence electrons. The van der Waals surface area contributed by atoms with Gasteiger partial charge in [-0.3, -0.25) is 9.63 Å². The fourth-order valence-corrected chi connectivity index (χ4v) is 3.35. The summed E-state index contributed by atoms with van der Waals surface area (Å²) in [5.74, 6) is 0. The molecular formula is C16H20N2O5. The van der Waals surface area contributed by atoms with E-state index in [2.05, 4.69) is 0 Å². The first-order valence-electron chi connectivity index (χ1n) is 7.61. The van der Waals surface area contributed by atoms with Crippen LogP contribution in [0.1, 0.15) is 12.0 Å². The van der Waals surface area contributed by atoms with E-state index in [0.717, 1.165) is 38.3 Å². The lowest BCUT2D eigenvalue weighted by Gasteiger charge is -2.48. The Bertz CT molecular complexity index is 561. The van der Waals surface area contributed by atoms with Crippen molar-refractivity contribution in [3.63, 3.8) is 0 Å². The smallest absolute Gasteiger partial charge is 0.344 e. The van der Waals surface area contributed by atoms with Crippen molar-refractivity contribution in [2.75, 3.05) is 26.3 Å². The van der Waals surface area contributed by atoms with Gasteiger partial charge >= 0.3 is 6.03 Å². The highest BCUT2D eigenvalue weighted by Crippen LogP contribution is 2.45. The number of carbonyl (C=O) groups is 2. The molecule has 2 amide bonds. The third-order valence-corrected chi connectivity index (χ3v) is 4.71. The number of hydrogen-bond donors (Lipinski definition) is 1. The largest absolute Gasteiger partial charge is 0.483 e. The third-order valence-electron chi connectivity index (χ3n) is 4.71. The van der Waals surface area contributed by atoms with Crippen molar-refractivity contribution in [3.8, 4) is 0 Å². The van der Waals surface area contributed by atoms with Gasteiger partial charge in [-0.1, -0.05) is 30.3 Å². The maximum Gasteiger partial charge on any atom is 0.344 e. The van der Waals surface area contributed by atoms with Gasteiger partial charge in [0.15, 0.2) is 0 Å². The lowest BCUT2D eigenvalue weighted by Crippen LogP contribution is -2.59. The Balaban J connectivity index is 0.000000485. The topological polar surface area (TPSA) is 79.3 Å². The molecule has 23 heavy (non-hydrogen) atoms. The normalized spacial score (nSPS) is 24.0. The van der Waals surface area contributed by atoms with E-state index in [4.69, 9.17) is 19.5 Å². The lowest BCUT2D eigenvalue weighted by atomic mass is 9.74. The van der Waals surface area contributed by atoms with Crippen molar-refractivity contribution in [1.29, 1.82) is 0 Å². The predicted molar refractivity (Wildman–Crippen MR) is 80.4 cm³/mol. The van der Waals surface area contributed by atoms with E-state index in [-0.39, 0.29) is 24.0 Å². The third kappa shape index (κ3) is 2.89. The molecule has 4 rings (SSSR count). The molecule has 0 unspecified atom stereocenters. The van der Waals surface area contributed by atoms with Crippen LogP contribution in [0.3, 0.4) is 0 Å². The molecule has 7 nitrogen and oxygen atoms in total. The first-order chi connectivity index (χ1) is 11.2. The van der Waals surface area contributed by atoms with Crippen LogP contribution in [0.25, 0.3) is 0 Å². The van der Waals surface area contributed by atoms with E-state index < -0.39 is 0 Å². The first kappa shape index (κ1) is 15.8. The maximum absolute atomic E-state index is 12.3. The first-order valence-corrected chi connectivity index (χ1v) is 7.61. The molecule has 0 saturated carbocycles. The number of amides is 2. The van der Waals surface area contributed by atoms with Gasteiger partial charge in [-0.05, 0) is 12.0 Å². The summed E-state index contributed by atoms with van der Waals surface area (Å²) in [5.41, 5.74) is 1.20. The summed E-state index contributed by atoms with van der Waals surface area (Å²) in [6.07, 6.45) is 1.02. The number of hydrogen-bond acceptors (Lipinski definition) is 4. The standard InChI is InChI=1S/C15H18N2O3.CH2O2/c18-14-16-7-6-15(10-19-11-15)13(8-16)17(14)20-9-12-4-2-1-3-5-12;2-1-3/h1-5,13H,6-11H2;1H,(H,2,3)/t13-;/m0./s1.